The van der Waals surface area contributed by atoms with Crippen molar-refractivity contribution in [2.45, 2.75) is 79.5 Å². The standard InChI is InChI=1S/C50H74N4O12/c1-49(2,3)41(34-45(57)61-8)47(58)53-54(35-38-17-19-39(20-18-38)42-16-12-13-21-51-42)36-44(56)40(32-37-14-10-9-11-15-37)33-43(55)46(50(4,5)6)52-48(59)66-31-30-65-29-28-64-27-26-63-25-24-62-23-22-60-7/h9-21,40-41,44,46,56H,22-36H2,1-8H3,(H,52,59)(H,53,58)/t40-,41?,44+,46-/m1/s1. The number of benzene rings is 2. The van der Waals surface area contributed by atoms with E-state index in [1.807, 2.05) is 114 Å². The fraction of sp³-hybridized carbons (Fsp3) is 0.580. The fourth-order valence-electron chi connectivity index (χ4n) is 7.01. The molecule has 16 nitrogen and oxygen atoms in total. The van der Waals surface area contributed by atoms with Gasteiger partial charge in [0, 0.05) is 38.4 Å². The van der Waals surface area contributed by atoms with Gasteiger partial charge in [0.1, 0.15) is 6.61 Å². The number of aliphatic hydroxyl groups excluding tert-OH is 1. The number of alkyl carbamates (subject to hydrolysis) is 1. The lowest BCUT2D eigenvalue weighted by atomic mass is 9.78. The minimum atomic E-state index is -1.14. The van der Waals surface area contributed by atoms with Crippen molar-refractivity contribution in [3.63, 3.8) is 0 Å². The van der Waals surface area contributed by atoms with Gasteiger partial charge >= 0.3 is 12.1 Å². The van der Waals surface area contributed by atoms with E-state index in [4.69, 9.17) is 33.2 Å². The highest BCUT2D eigenvalue weighted by Gasteiger charge is 2.38. The van der Waals surface area contributed by atoms with Crippen LogP contribution in [0.1, 0.15) is 65.5 Å². The van der Waals surface area contributed by atoms with Crippen molar-refractivity contribution < 1.29 is 57.4 Å². The van der Waals surface area contributed by atoms with E-state index in [0.717, 1.165) is 22.4 Å². The van der Waals surface area contributed by atoms with Crippen molar-refractivity contribution in [2.75, 3.05) is 86.8 Å². The highest BCUT2D eigenvalue weighted by molar-refractivity contribution is 5.88. The van der Waals surface area contributed by atoms with E-state index in [0.29, 0.717) is 59.3 Å². The fourth-order valence-corrected chi connectivity index (χ4v) is 7.01. The molecule has 1 aromatic heterocycles. The molecule has 3 rings (SSSR count). The van der Waals surface area contributed by atoms with Crippen LogP contribution in [0.3, 0.4) is 0 Å². The van der Waals surface area contributed by atoms with Crippen molar-refractivity contribution in [1.29, 1.82) is 0 Å². The van der Waals surface area contributed by atoms with Gasteiger partial charge in [0.2, 0.25) is 5.91 Å². The van der Waals surface area contributed by atoms with Crippen LogP contribution >= 0.6 is 0 Å². The quantitative estimate of drug-likeness (QED) is 0.0396. The summed E-state index contributed by atoms with van der Waals surface area (Å²) in [5, 5.41) is 16.5. The summed E-state index contributed by atoms with van der Waals surface area (Å²) in [6.07, 6.45) is -0.0753. The van der Waals surface area contributed by atoms with Crippen LogP contribution in [0, 0.1) is 22.7 Å². The Morgan fingerprint density at radius 3 is 1.79 bits per heavy atom. The number of amides is 2. The molecule has 1 unspecified atom stereocenters. The highest BCUT2D eigenvalue weighted by atomic mass is 16.6. The molecule has 16 heteroatoms. The molecular weight excluding hydrogens is 849 g/mol. The highest BCUT2D eigenvalue weighted by Crippen LogP contribution is 2.30. The number of rotatable bonds is 31. The van der Waals surface area contributed by atoms with Gasteiger partial charge in [0.25, 0.3) is 0 Å². The van der Waals surface area contributed by atoms with Crippen LogP contribution in [0.4, 0.5) is 4.79 Å². The number of carbonyl (C=O) groups excluding carboxylic acids is 4. The molecule has 2 aromatic carbocycles. The average molecular weight is 923 g/mol. The van der Waals surface area contributed by atoms with Gasteiger partial charge < -0.3 is 43.6 Å². The van der Waals surface area contributed by atoms with E-state index in [-0.39, 0.29) is 44.9 Å². The summed E-state index contributed by atoms with van der Waals surface area (Å²) in [5.41, 5.74) is 5.15. The smallest absolute Gasteiger partial charge is 0.407 e. The number of Topliss-reactive ketones (excluding diaryl/α,β-unsaturated/α-hetero) is 1. The maximum Gasteiger partial charge on any atom is 0.407 e. The number of nitrogens with one attached hydrogen (secondary N) is 2. The topological polar surface area (TPSA) is 193 Å². The van der Waals surface area contributed by atoms with E-state index in [9.17, 15) is 24.3 Å². The number of hydrogen-bond acceptors (Lipinski definition) is 14. The van der Waals surface area contributed by atoms with Gasteiger partial charge in [-0.15, -0.1) is 0 Å². The number of hydrazine groups is 1. The van der Waals surface area contributed by atoms with Crippen molar-refractivity contribution >= 4 is 23.8 Å². The average Bonchev–Trinajstić information content (AvgIpc) is 3.28. The Bertz CT molecular complexity index is 1840. The van der Waals surface area contributed by atoms with Crippen LogP contribution in [0.5, 0.6) is 0 Å². The SMILES string of the molecule is COCCOCCOCCOCCOCCOC(=O)N[C@H](C(=O)C[C@@H](Cc1ccccc1)[C@@H](O)CN(Cc1ccc(-c2ccccn2)cc1)NC(=O)C(CC(=O)OC)C(C)(C)C)C(C)(C)C. The molecule has 0 aliphatic heterocycles. The number of nitrogens with zero attached hydrogens (tertiary/aromatic N) is 2. The Morgan fingerprint density at radius 2 is 1.26 bits per heavy atom. The van der Waals surface area contributed by atoms with E-state index in [1.165, 1.54) is 7.11 Å². The summed E-state index contributed by atoms with van der Waals surface area (Å²) in [7, 11) is 2.90. The van der Waals surface area contributed by atoms with Crippen LogP contribution in [0.25, 0.3) is 11.3 Å². The number of methoxy groups -OCH3 is 2. The molecule has 4 atom stereocenters. The summed E-state index contributed by atoms with van der Waals surface area (Å²) in [5.74, 6) is -2.60. The number of ether oxygens (including phenoxy) is 7. The number of hydrogen-bond donors (Lipinski definition) is 3. The number of esters is 1. The Labute approximate surface area is 391 Å². The number of carbonyl (C=O) groups is 4. The maximum atomic E-state index is 14.3. The van der Waals surface area contributed by atoms with Gasteiger partial charge in [0.15, 0.2) is 5.78 Å². The zero-order chi connectivity index (χ0) is 48.4. The molecule has 0 aliphatic carbocycles. The van der Waals surface area contributed by atoms with Gasteiger partial charge in [-0.3, -0.25) is 24.8 Å². The van der Waals surface area contributed by atoms with Crippen molar-refractivity contribution in [1.82, 2.24) is 20.7 Å². The number of aliphatic hydroxyl groups is 1. The van der Waals surface area contributed by atoms with Gasteiger partial charge in [0.05, 0.1) is 96.8 Å². The largest absolute Gasteiger partial charge is 0.469 e. The van der Waals surface area contributed by atoms with Gasteiger partial charge in [-0.25, -0.2) is 9.80 Å². The van der Waals surface area contributed by atoms with Crippen molar-refractivity contribution in [3.05, 3.63) is 90.1 Å². The molecule has 0 bridgehead atoms. The lowest BCUT2D eigenvalue weighted by Gasteiger charge is -2.35. The molecule has 366 valence electrons. The summed E-state index contributed by atoms with van der Waals surface area (Å²) < 4.78 is 37.1. The molecule has 0 fully saturated rings. The van der Waals surface area contributed by atoms with Gasteiger partial charge in [-0.1, -0.05) is 102 Å². The van der Waals surface area contributed by atoms with Crippen LogP contribution in [-0.2, 0) is 60.5 Å². The summed E-state index contributed by atoms with van der Waals surface area (Å²) in [4.78, 5) is 58.3. The number of aromatic nitrogens is 1. The lowest BCUT2D eigenvalue weighted by molar-refractivity contribution is -0.148. The molecule has 0 radical (unpaired) electrons. The predicted octanol–water partition coefficient (Wildman–Crippen LogP) is 5.84. The Kier molecular flexibility index (Phi) is 25.0. The molecule has 0 saturated carbocycles. The monoisotopic (exact) mass is 923 g/mol. The molecule has 0 saturated heterocycles. The zero-order valence-electron chi connectivity index (χ0n) is 40.3. The molecule has 66 heavy (non-hydrogen) atoms. The zero-order valence-corrected chi connectivity index (χ0v) is 40.3. The third-order valence-corrected chi connectivity index (χ3v) is 10.7. The third-order valence-electron chi connectivity index (χ3n) is 10.7. The van der Waals surface area contributed by atoms with E-state index in [2.05, 4.69) is 15.7 Å². The Hall–Kier alpha value is -4.81. The van der Waals surface area contributed by atoms with Gasteiger partial charge in [-0.05, 0) is 46.4 Å². The van der Waals surface area contributed by atoms with E-state index in [1.54, 1.807) is 18.3 Å². The first-order valence-electron chi connectivity index (χ1n) is 22.6. The second-order valence-electron chi connectivity index (χ2n) is 18.2. The maximum absolute atomic E-state index is 14.3. The van der Waals surface area contributed by atoms with Crippen LogP contribution in [-0.4, -0.2) is 138 Å². The molecular formula is C50H74N4O12. The van der Waals surface area contributed by atoms with E-state index >= 15 is 0 Å². The Balaban J connectivity index is 1.69. The van der Waals surface area contributed by atoms with E-state index < -0.39 is 52.8 Å². The first-order chi connectivity index (χ1) is 31.5. The first kappa shape index (κ1) is 55.5. The molecule has 0 spiro atoms. The molecule has 2 amide bonds. The second kappa shape index (κ2) is 29.8. The minimum absolute atomic E-state index is 0.0401. The minimum Gasteiger partial charge on any atom is -0.469 e. The van der Waals surface area contributed by atoms with Crippen LogP contribution in [0.2, 0.25) is 0 Å². The molecule has 3 N–H and O–H groups in total. The predicted molar refractivity (Wildman–Crippen MR) is 250 cm³/mol. The van der Waals surface area contributed by atoms with Crippen molar-refractivity contribution in [3.8, 4) is 11.3 Å². The van der Waals surface area contributed by atoms with Crippen LogP contribution in [0.15, 0.2) is 79.0 Å². The number of pyridine rings is 1. The molecule has 1 heterocycles. The molecule has 0 aliphatic rings. The second-order valence-corrected chi connectivity index (χ2v) is 18.2. The number of ketones is 1. The van der Waals surface area contributed by atoms with Crippen molar-refractivity contribution in [2.24, 2.45) is 22.7 Å². The molecule has 3 aromatic rings. The summed E-state index contributed by atoms with van der Waals surface area (Å²) >= 11 is 0. The summed E-state index contributed by atoms with van der Waals surface area (Å²) in [6, 6.07) is 22.0. The normalized spacial score (nSPS) is 13.7. The van der Waals surface area contributed by atoms with Gasteiger partial charge in [-0.2, -0.15) is 0 Å². The van der Waals surface area contributed by atoms with Crippen LogP contribution < -0.4 is 10.7 Å². The summed E-state index contributed by atoms with van der Waals surface area (Å²) in [6.45, 7) is 14.9. The lowest BCUT2D eigenvalue weighted by Crippen LogP contribution is -2.52. The Morgan fingerprint density at radius 1 is 0.682 bits per heavy atom. The first-order valence-corrected chi connectivity index (χ1v) is 22.6. The third kappa shape index (κ3) is 21.7.